The van der Waals surface area contributed by atoms with Crippen molar-refractivity contribution in [1.82, 2.24) is 10.6 Å². The molecule has 0 aromatic rings. The number of ether oxygens (including phenoxy) is 6. The summed E-state index contributed by atoms with van der Waals surface area (Å²) in [7, 11) is 1.33. The predicted molar refractivity (Wildman–Crippen MR) is 145 cm³/mol. The summed E-state index contributed by atoms with van der Waals surface area (Å²) in [5.41, 5.74) is 0. The Balaban J connectivity index is 2.49. The number of rotatable bonds is 20. The normalized spacial score (nSPS) is 21.3. The minimum atomic E-state index is -0.717. The van der Waals surface area contributed by atoms with Crippen LogP contribution in [0.5, 0.6) is 0 Å². The molecule has 0 bridgehead atoms. The van der Waals surface area contributed by atoms with E-state index in [1.807, 2.05) is 6.92 Å². The minimum Gasteiger partial charge on any atom is -0.469 e. The number of nitrogens with one attached hydrogen (secondary N) is 2. The van der Waals surface area contributed by atoms with Gasteiger partial charge in [-0.25, -0.2) is 4.79 Å². The zero-order chi connectivity index (χ0) is 29.0. The van der Waals surface area contributed by atoms with Crippen molar-refractivity contribution in [3.63, 3.8) is 0 Å². The fraction of sp³-hybridized carbons (Fsp3) is 0.821. The Hall–Kier alpha value is -2.39. The number of methoxy groups -OCH3 is 1. The predicted octanol–water partition coefficient (Wildman–Crippen LogP) is 2.17. The highest BCUT2D eigenvalue weighted by molar-refractivity contribution is 5.75. The Bertz CT molecular complexity index is 754. The number of esters is 1. The second-order valence-corrected chi connectivity index (χ2v) is 9.61. The highest BCUT2D eigenvalue weighted by Gasteiger charge is 2.52. The van der Waals surface area contributed by atoms with Crippen LogP contribution in [0.25, 0.3) is 0 Å². The van der Waals surface area contributed by atoms with E-state index >= 15 is 0 Å². The van der Waals surface area contributed by atoms with Gasteiger partial charge in [0.05, 0.1) is 59.3 Å². The summed E-state index contributed by atoms with van der Waals surface area (Å²) in [4.78, 5) is 37.3. The van der Waals surface area contributed by atoms with Gasteiger partial charge in [0.25, 0.3) is 0 Å². The Morgan fingerprint density at radius 2 is 1.51 bits per heavy atom. The number of terminal acetylenes is 1. The average molecular weight is 557 g/mol. The van der Waals surface area contributed by atoms with Crippen LogP contribution >= 0.6 is 0 Å². The van der Waals surface area contributed by atoms with Crippen molar-refractivity contribution < 1.29 is 42.8 Å². The van der Waals surface area contributed by atoms with Crippen molar-refractivity contribution in [3.8, 4) is 12.3 Å². The van der Waals surface area contributed by atoms with Crippen LogP contribution < -0.4 is 10.6 Å². The van der Waals surface area contributed by atoms with Gasteiger partial charge in [-0.3, -0.25) is 9.59 Å². The zero-order valence-electron chi connectivity index (χ0n) is 24.2. The average Bonchev–Trinajstić information content (AvgIpc) is 3.23. The lowest BCUT2D eigenvalue weighted by molar-refractivity contribution is -0.149. The first-order chi connectivity index (χ1) is 18.8. The number of amides is 2. The molecule has 0 aromatic carbocycles. The van der Waals surface area contributed by atoms with Gasteiger partial charge in [0.1, 0.15) is 12.7 Å². The fourth-order valence-electron chi connectivity index (χ4n) is 5.13. The van der Waals surface area contributed by atoms with Gasteiger partial charge >= 0.3 is 12.1 Å². The maximum Gasteiger partial charge on any atom is 0.407 e. The molecule has 39 heavy (non-hydrogen) atoms. The van der Waals surface area contributed by atoms with Gasteiger partial charge in [-0.1, -0.05) is 39.5 Å². The standard InChI is InChI=1S/C28H48N2O9/c1-7-11-35-13-15-37-17-18-38-16-14-36-12-10-29-28(33)39-26-23(27(32)34-6)19-20(4)24(26)25(30-21(5)31)22(8-2)9-3/h1,20,22-26H,8-19H2,2-6H3,(H,29,33)(H,30,31)/t20-,23+,24-,25+,26-/m1/s1. The van der Waals surface area contributed by atoms with Crippen molar-refractivity contribution in [2.45, 2.75) is 59.1 Å². The molecule has 0 heterocycles. The molecule has 1 aliphatic rings. The minimum absolute atomic E-state index is 0.0416. The van der Waals surface area contributed by atoms with Gasteiger partial charge in [0.2, 0.25) is 5.91 Å². The molecule has 1 fully saturated rings. The molecule has 1 rings (SSSR count). The van der Waals surface area contributed by atoms with E-state index in [1.165, 1.54) is 14.0 Å². The Morgan fingerprint density at radius 3 is 2.03 bits per heavy atom. The van der Waals surface area contributed by atoms with Crippen LogP contribution in [-0.2, 0) is 38.0 Å². The molecule has 0 aliphatic heterocycles. The lowest BCUT2D eigenvalue weighted by Crippen LogP contribution is -2.51. The number of carbonyl (C=O) groups is 3. The molecule has 11 heteroatoms. The summed E-state index contributed by atoms with van der Waals surface area (Å²) in [5.74, 6) is 1.22. The van der Waals surface area contributed by atoms with E-state index in [4.69, 9.17) is 34.8 Å². The van der Waals surface area contributed by atoms with Gasteiger partial charge in [-0.15, -0.1) is 6.42 Å². The number of hydrogen-bond donors (Lipinski definition) is 2. The molecule has 224 valence electrons. The Kier molecular flexibility index (Phi) is 18.2. The molecule has 11 nitrogen and oxygen atoms in total. The van der Waals surface area contributed by atoms with Crippen LogP contribution in [0.3, 0.4) is 0 Å². The van der Waals surface area contributed by atoms with Crippen LogP contribution in [0.2, 0.25) is 0 Å². The largest absolute Gasteiger partial charge is 0.469 e. The van der Waals surface area contributed by atoms with Crippen LogP contribution in [0, 0.1) is 36.0 Å². The smallest absolute Gasteiger partial charge is 0.407 e. The van der Waals surface area contributed by atoms with Gasteiger partial charge in [0.15, 0.2) is 0 Å². The van der Waals surface area contributed by atoms with E-state index in [-0.39, 0.29) is 49.5 Å². The molecular formula is C28H48N2O9. The highest BCUT2D eigenvalue weighted by Crippen LogP contribution is 2.43. The highest BCUT2D eigenvalue weighted by atomic mass is 16.6. The third kappa shape index (κ3) is 13.0. The molecule has 0 saturated heterocycles. The summed E-state index contributed by atoms with van der Waals surface area (Å²) in [6, 6.07) is -0.226. The van der Waals surface area contributed by atoms with Crippen LogP contribution in [0.15, 0.2) is 0 Å². The SMILES string of the molecule is C#CCOCCOCCOCCOCCNC(=O)O[C@H]1[C@@H]([C@@H](NC(C)=O)C(CC)CC)[C@H](C)C[C@@H]1C(=O)OC. The van der Waals surface area contributed by atoms with E-state index in [9.17, 15) is 14.4 Å². The molecular weight excluding hydrogens is 508 g/mol. The third-order valence-electron chi connectivity index (χ3n) is 6.96. The van der Waals surface area contributed by atoms with E-state index in [1.54, 1.807) is 0 Å². The fourth-order valence-corrected chi connectivity index (χ4v) is 5.13. The monoisotopic (exact) mass is 556 g/mol. The molecule has 2 amide bonds. The summed E-state index contributed by atoms with van der Waals surface area (Å²) < 4.78 is 32.2. The van der Waals surface area contributed by atoms with Gasteiger partial charge in [-0.2, -0.15) is 0 Å². The number of carbonyl (C=O) groups excluding carboxylic acids is 3. The first-order valence-electron chi connectivity index (χ1n) is 13.8. The van der Waals surface area contributed by atoms with Crippen molar-refractivity contribution >= 4 is 18.0 Å². The molecule has 5 atom stereocenters. The van der Waals surface area contributed by atoms with Crippen LogP contribution in [-0.4, -0.2) is 96.6 Å². The zero-order valence-corrected chi connectivity index (χ0v) is 24.2. The van der Waals surface area contributed by atoms with Crippen molar-refractivity contribution in [2.75, 3.05) is 66.5 Å². The molecule has 1 aliphatic carbocycles. The maximum atomic E-state index is 12.7. The number of hydrogen-bond acceptors (Lipinski definition) is 9. The molecule has 2 N–H and O–H groups in total. The van der Waals surface area contributed by atoms with E-state index in [0.717, 1.165) is 12.8 Å². The first kappa shape index (κ1) is 34.6. The maximum absolute atomic E-state index is 12.7. The topological polar surface area (TPSA) is 131 Å². The Morgan fingerprint density at radius 1 is 0.949 bits per heavy atom. The number of alkyl carbamates (subject to hydrolysis) is 1. The summed E-state index contributed by atoms with van der Waals surface area (Å²) in [6.07, 6.45) is 5.94. The molecule has 0 unspecified atom stereocenters. The molecule has 1 saturated carbocycles. The quantitative estimate of drug-likeness (QED) is 0.132. The lowest BCUT2D eigenvalue weighted by atomic mass is 9.78. The second kappa shape index (κ2) is 20.5. The second-order valence-electron chi connectivity index (χ2n) is 9.61. The third-order valence-corrected chi connectivity index (χ3v) is 6.96. The van der Waals surface area contributed by atoms with Crippen molar-refractivity contribution in [3.05, 3.63) is 0 Å². The Labute approximate surface area is 233 Å². The van der Waals surface area contributed by atoms with E-state index in [2.05, 4.69) is 30.4 Å². The summed E-state index contributed by atoms with van der Waals surface area (Å²) in [6.45, 7) is 11.0. The van der Waals surface area contributed by atoms with Gasteiger partial charge < -0.3 is 39.1 Å². The van der Waals surface area contributed by atoms with Gasteiger partial charge in [-0.05, 0) is 18.3 Å². The lowest BCUT2D eigenvalue weighted by Gasteiger charge is -2.37. The van der Waals surface area contributed by atoms with Crippen LogP contribution in [0.4, 0.5) is 4.79 Å². The summed E-state index contributed by atoms with van der Waals surface area (Å²) in [5, 5.41) is 5.77. The van der Waals surface area contributed by atoms with Crippen molar-refractivity contribution in [1.29, 1.82) is 0 Å². The van der Waals surface area contributed by atoms with Crippen LogP contribution in [0.1, 0.15) is 47.0 Å². The van der Waals surface area contributed by atoms with Crippen molar-refractivity contribution in [2.24, 2.45) is 23.7 Å². The van der Waals surface area contributed by atoms with E-state index < -0.39 is 24.1 Å². The molecule has 0 aromatic heterocycles. The van der Waals surface area contributed by atoms with E-state index in [0.29, 0.717) is 46.1 Å². The summed E-state index contributed by atoms with van der Waals surface area (Å²) >= 11 is 0. The molecule has 0 radical (unpaired) electrons. The van der Waals surface area contributed by atoms with Gasteiger partial charge in [0, 0.05) is 25.4 Å². The molecule has 0 spiro atoms. The first-order valence-corrected chi connectivity index (χ1v) is 13.8.